The van der Waals surface area contributed by atoms with Crippen LogP contribution in [-0.4, -0.2) is 59.6 Å². The molecule has 0 bridgehead atoms. The molecule has 0 saturated carbocycles. The molecule has 2 heterocycles. The predicted octanol–water partition coefficient (Wildman–Crippen LogP) is -0.131. The summed E-state index contributed by atoms with van der Waals surface area (Å²) in [4.78, 5) is 53.3. The van der Waals surface area contributed by atoms with Gasteiger partial charge in [0.05, 0.1) is 12.3 Å². The van der Waals surface area contributed by atoms with Gasteiger partial charge in [0.15, 0.2) is 6.17 Å². The first-order valence-corrected chi connectivity index (χ1v) is 12.4. The number of phosphoric acid groups is 3. The molecule has 6 atom stereocenters. The minimum Gasteiger partial charge on any atom is -0.387 e. The van der Waals surface area contributed by atoms with Crippen molar-refractivity contribution in [3.05, 3.63) is 27.4 Å². The Labute approximate surface area is 167 Å². The number of alkyl halides is 1. The summed E-state index contributed by atoms with van der Waals surface area (Å²) in [5, 5.41) is 9.96. The van der Waals surface area contributed by atoms with Gasteiger partial charge in [-0.05, 0) is 13.8 Å². The zero-order chi connectivity index (χ0) is 23.1. The molecular formula is C11H18FN2O13P3. The van der Waals surface area contributed by atoms with Crippen LogP contribution in [0, 0.1) is 13.8 Å². The molecule has 0 aromatic carbocycles. The Morgan fingerprint density at radius 1 is 1.13 bits per heavy atom. The van der Waals surface area contributed by atoms with Crippen LogP contribution < -0.4 is 5.56 Å². The molecule has 3 unspecified atom stereocenters. The van der Waals surface area contributed by atoms with Crippen LogP contribution in [0.4, 0.5) is 4.39 Å². The molecule has 19 heteroatoms. The summed E-state index contributed by atoms with van der Waals surface area (Å²) < 4.78 is 64.7. The van der Waals surface area contributed by atoms with E-state index in [1.807, 2.05) is 0 Å². The van der Waals surface area contributed by atoms with Gasteiger partial charge in [-0.1, -0.05) is 0 Å². The van der Waals surface area contributed by atoms with Crippen LogP contribution in [0.2, 0.25) is 0 Å². The van der Waals surface area contributed by atoms with Gasteiger partial charge < -0.3 is 34.4 Å². The number of H-pyrrole nitrogens is 1. The van der Waals surface area contributed by atoms with Crippen LogP contribution in [0.1, 0.15) is 23.2 Å². The second-order valence-corrected chi connectivity index (χ2v) is 10.5. The van der Waals surface area contributed by atoms with Crippen LogP contribution in [0.25, 0.3) is 0 Å². The Morgan fingerprint density at radius 2 is 1.73 bits per heavy atom. The molecule has 1 aromatic rings. The molecule has 1 saturated heterocycles. The van der Waals surface area contributed by atoms with E-state index < -0.39 is 60.1 Å². The fraction of sp³-hybridized carbons (Fsp3) is 0.636. The molecule has 15 nitrogen and oxygen atoms in total. The first-order valence-electron chi connectivity index (χ1n) is 7.85. The van der Waals surface area contributed by atoms with Crippen LogP contribution >= 0.6 is 23.5 Å². The normalized spacial score (nSPS) is 28.8. The number of phosphoric ester groups is 1. The predicted molar refractivity (Wildman–Crippen MR) is 92.7 cm³/mol. The van der Waals surface area contributed by atoms with Gasteiger partial charge in [-0.2, -0.15) is 8.62 Å². The van der Waals surface area contributed by atoms with Crippen molar-refractivity contribution in [1.82, 2.24) is 9.97 Å². The molecule has 0 amide bonds. The zero-order valence-electron chi connectivity index (χ0n) is 15.2. The second-order valence-electron chi connectivity index (χ2n) is 6.08. The number of rotatable bonds is 8. The fourth-order valence-corrected chi connectivity index (χ4v) is 5.50. The maximum atomic E-state index is 14.5. The largest absolute Gasteiger partial charge is 0.490 e. The van der Waals surface area contributed by atoms with Crippen molar-refractivity contribution >= 4 is 23.5 Å². The summed E-state index contributed by atoms with van der Waals surface area (Å²) in [6, 6.07) is 0. The molecule has 1 aliphatic heterocycles. The zero-order valence-corrected chi connectivity index (χ0v) is 17.9. The molecule has 0 radical (unpaired) electrons. The Bertz CT molecular complexity index is 995. The number of aryl methyl sites for hydroxylation is 2. The molecule has 0 aliphatic carbocycles. The highest BCUT2D eigenvalue weighted by molar-refractivity contribution is 7.66. The molecule has 1 fully saturated rings. The molecule has 1 aliphatic rings. The number of hydrogen-bond acceptors (Lipinski definition) is 10. The molecule has 0 spiro atoms. The summed E-state index contributed by atoms with van der Waals surface area (Å²) in [6.45, 7) is 1.72. The summed E-state index contributed by atoms with van der Waals surface area (Å²) in [7, 11) is -16.8. The highest BCUT2D eigenvalue weighted by Gasteiger charge is 2.48. The van der Waals surface area contributed by atoms with E-state index in [0.29, 0.717) is 0 Å². The topological polar surface area (TPSA) is 235 Å². The van der Waals surface area contributed by atoms with Gasteiger partial charge in [0.25, 0.3) is 5.56 Å². The molecule has 1 aromatic heterocycles. The van der Waals surface area contributed by atoms with Crippen LogP contribution in [-0.2, 0) is 31.6 Å². The summed E-state index contributed by atoms with van der Waals surface area (Å²) >= 11 is 0. The van der Waals surface area contributed by atoms with Crippen molar-refractivity contribution in [2.75, 3.05) is 6.61 Å². The summed E-state index contributed by atoms with van der Waals surface area (Å²) in [6.07, 6.45) is -7.04. The van der Waals surface area contributed by atoms with E-state index in [0.717, 1.165) is 0 Å². The number of aromatic nitrogens is 2. The van der Waals surface area contributed by atoms with E-state index in [9.17, 15) is 32.9 Å². The molecule has 2 rings (SSSR count). The van der Waals surface area contributed by atoms with Crippen LogP contribution in [0.15, 0.2) is 4.79 Å². The summed E-state index contributed by atoms with van der Waals surface area (Å²) in [5.41, 5.74) is -0.412. The third-order valence-electron chi connectivity index (χ3n) is 3.71. The number of halogens is 1. The van der Waals surface area contributed by atoms with Gasteiger partial charge in [0, 0.05) is 5.69 Å². The minimum atomic E-state index is -5.72. The van der Waals surface area contributed by atoms with Gasteiger partial charge in [-0.15, -0.1) is 0 Å². The number of aliphatic hydroxyl groups excluding tert-OH is 1. The lowest BCUT2D eigenvalue weighted by Gasteiger charge is -2.19. The number of hydrogen-bond donors (Lipinski definition) is 6. The van der Waals surface area contributed by atoms with Gasteiger partial charge in [-0.25, -0.2) is 23.1 Å². The van der Waals surface area contributed by atoms with Crippen molar-refractivity contribution < 1.29 is 60.6 Å². The molecule has 30 heavy (non-hydrogen) atoms. The van der Waals surface area contributed by atoms with Crippen molar-refractivity contribution in [3.8, 4) is 0 Å². The van der Waals surface area contributed by atoms with E-state index in [1.54, 1.807) is 0 Å². The second kappa shape index (κ2) is 8.94. The SMILES string of the molecule is Cc1[nH]c(=O)c(C)nc1[C@@H]1O[C@H](COP(=O)(O)OP(=O)(O)OP(=O)(O)O)C(O)[C@@H]1F. The number of aromatic amines is 1. The number of ether oxygens (including phenoxy) is 1. The number of aliphatic hydroxyl groups is 1. The Hall–Kier alpha value is -0.860. The van der Waals surface area contributed by atoms with Crippen molar-refractivity contribution in [1.29, 1.82) is 0 Å². The summed E-state index contributed by atoms with van der Waals surface area (Å²) in [5.74, 6) is 0. The molecule has 172 valence electrons. The third kappa shape index (κ3) is 6.57. The lowest BCUT2D eigenvalue weighted by Crippen LogP contribution is -2.31. The average Bonchev–Trinajstić information content (AvgIpc) is 2.81. The first kappa shape index (κ1) is 25.4. The Balaban J connectivity index is 2.08. The first-order chi connectivity index (χ1) is 13.5. The van der Waals surface area contributed by atoms with Gasteiger partial charge in [0.1, 0.15) is 24.0 Å². The monoisotopic (exact) mass is 498 g/mol. The fourth-order valence-electron chi connectivity index (χ4n) is 2.47. The standard InChI is InChI=1S/C11H18FN2O13P3/c1-4-8(13-5(2)11(16)14-4)10-7(12)9(15)6(25-10)3-24-29(20,21)27-30(22,23)26-28(17,18)19/h6-7,9-10,15H,3H2,1-2H3,(H,14,16)(H,20,21)(H,22,23)(H2,17,18,19)/t6-,7+,9?,10-/m1/s1. The van der Waals surface area contributed by atoms with Crippen molar-refractivity contribution in [2.24, 2.45) is 0 Å². The maximum absolute atomic E-state index is 14.5. The average molecular weight is 498 g/mol. The van der Waals surface area contributed by atoms with Gasteiger partial charge in [0.2, 0.25) is 0 Å². The van der Waals surface area contributed by atoms with E-state index in [-0.39, 0.29) is 17.1 Å². The van der Waals surface area contributed by atoms with Crippen molar-refractivity contribution in [2.45, 2.75) is 38.3 Å². The molecule has 6 N–H and O–H groups in total. The highest BCUT2D eigenvalue weighted by Crippen LogP contribution is 2.66. The van der Waals surface area contributed by atoms with E-state index in [4.69, 9.17) is 19.4 Å². The lowest BCUT2D eigenvalue weighted by atomic mass is 10.1. The lowest BCUT2D eigenvalue weighted by molar-refractivity contribution is -0.0234. The van der Waals surface area contributed by atoms with E-state index in [2.05, 4.69) is 23.1 Å². The quantitative estimate of drug-likeness (QED) is 0.256. The Morgan fingerprint density at radius 3 is 2.30 bits per heavy atom. The number of nitrogens with one attached hydrogen (secondary N) is 1. The van der Waals surface area contributed by atoms with Gasteiger partial charge in [-0.3, -0.25) is 9.32 Å². The van der Waals surface area contributed by atoms with E-state index >= 15 is 0 Å². The smallest absolute Gasteiger partial charge is 0.387 e. The number of nitrogens with zero attached hydrogens (tertiary/aromatic N) is 1. The van der Waals surface area contributed by atoms with Crippen LogP contribution in [0.3, 0.4) is 0 Å². The van der Waals surface area contributed by atoms with Crippen molar-refractivity contribution in [3.63, 3.8) is 0 Å². The minimum absolute atomic E-state index is 0.00222. The van der Waals surface area contributed by atoms with Crippen LogP contribution in [0.5, 0.6) is 0 Å². The highest BCUT2D eigenvalue weighted by atomic mass is 31.3. The molecular weight excluding hydrogens is 480 g/mol. The van der Waals surface area contributed by atoms with E-state index in [1.165, 1.54) is 13.8 Å². The van der Waals surface area contributed by atoms with Gasteiger partial charge >= 0.3 is 23.5 Å². The maximum Gasteiger partial charge on any atom is 0.490 e. The Kier molecular flexibility index (Phi) is 7.57. The third-order valence-corrected chi connectivity index (χ3v) is 7.51.